The van der Waals surface area contributed by atoms with Crippen molar-refractivity contribution in [2.75, 3.05) is 6.61 Å². The molecular formula is C15H13BrO2S2. The van der Waals surface area contributed by atoms with E-state index < -0.39 is 6.10 Å². The largest absolute Gasteiger partial charge is 0.493 e. The minimum atomic E-state index is -0.654. The van der Waals surface area contributed by atoms with Crippen LogP contribution in [0.5, 0.6) is 5.75 Å². The molecule has 1 unspecified atom stereocenters. The lowest BCUT2D eigenvalue weighted by Crippen LogP contribution is -2.02. The van der Waals surface area contributed by atoms with Crippen LogP contribution in [0.1, 0.15) is 23.5 Å². The molecule has 1 atom stereocenters. The summed E-state index contributed by atoms with van der Waals surface area (Å²) in [6.45, 7) is 2.53. The van der Waals surface area contributed by atoms with Gasteiger partial charge in [-0.1, -0.05) is 15.9 Å². The molecule has 0 fully saturated rings. The van der Waals surface area contributed by atoms with E-state index in [4.69, 9.17) is 4.74 Å². The summed E-state index contributed by atoms with van der Waals surface area (Å²) < 4.78 is 8.99. The molecule has 2 nitrogen and oxygen atoms in total. The molecule has 0 aliphatic rings. The third kappa shape index (κ3) is 2.63. The Hall–Kier alpha value is -0.880. The van der Waals surface area contributed by atoms with Crippen LogP contribution in [-0.4, -0.2) is 11.7 Å². The van der Waals surface area contributed by atoms with Gasteiger partial charge in [0.05, 0.1) is 6.61 Å². The molecule has 104 valence electrons. The fourth-order valence-electron chi connectivity index (χ4n) is 2.09. The standard InChI is InChI=1S/C15H13BrO2S2/c1-2-18-11-4-3-9(16)7-10(11)15(17)14-8-13-12(20-14)5-6-19-13/h3-8,15,17H,2H2,1H3. The first-order chi connectivity index (χ1) is 9.69. The fourth-order valence-corrected chi connectivity index (χ4v) is 4.60. The maximum absolute atomic E-state index is 10.7. The summed E-state index contributed by atoms with van der Waals surface area (Å²) in [5, 5.41) is 12.7. The number of ether oxygens (including phenoxy) is 1. The maximum Gasteiger partial charge on any atom is 0.125 e. The zero-order chi connectivity index (χ0) is 14.1. The van der Waals surface area contributed by atoms with Crippen molar-refractivity contribution in [3.8, 4) is 5.75 Å². The van der Waals surface area contributed by atoms with Gasteiger partial charge in [-0.05, 0) is 42.6 Å². The molecule has 0 aliphatic carbocycles. The van der Waals surface area contributed by atoms with E-state index in [-0.39, 0.29) is 0 Å². The average Bonchev–Trinajstić information content (AvgIpc) is 3.01. The number of fused-ring (bicyclic) bond motifs is 1. The summed E-state index contributed by atoms with van der Waals surface area (Å²) in [6.07, 6.45) is -0.654. The van der Waals surface area contributed by atoms with E-state index >= 15 is 0 Å². The molecule has 0 radical (unpaired) electrons. The minimum absolute atomic E-state index is 0.584. The van der Waals surface area contributed by atoms with Gasteiger partial charge in [-0.25, -0.2) is 0 Å². The molecule has 0 aliphatic heterocycles. The number of aliphatic hydroxyl groups excluding tert-OH is 1. The summed E-state index contributed by atoms with van der Waals surface area (Å²) >= 11 is 6.78. The smallest absolute Gasteiger partial charge is 0.125 e. The molecular weight excluding hydrogens is 356 g/mol. The normalized spacial score (nSPS) is 12.8. The Morgan fingerprint density at radius 3 is 2.85 bits per heavy atom. The van der Waals surface area contributed by atoms with Crippen molar-refractivity contribution in [1.82, 2.24) is 0 Å². The Balaban J connectivity index is 2.02. The predicted molar refractivity (Wildman–Crippen MR) is 89.1 cm³/mol. The summed E-state index contributed by atoms with van der Waals surface area (Å²) in [5.74, 6) is 0.736. The number of benzene rings is 1. The Morgan fingerprint density at radius 1 is 1.25 bits per heavy atom. The second kappa shape index (κ2) is 5.85. The van der Waals surface area contributed by atoms with Gasteiger partial charge >= 0.3 is 0 Å². The van der Waals surface area contributed by atoms with Gasteiger partial charge < -0.3 is 9.84 Å². The summed E-state index contributed by atoms with van der Waals surface area (Å²) in [4.78, 5) is 0.950. The molecule has 0 saturated heterocycles. The second-order valence-electron chi connectivity index (χ2n) is 4.32. The van der Waals surface area contributed by atoms with Gasteiger partial charge in [0, 0.05) is 24.3 Å². The Morgan fingerprint density at radius 2 is 2.10 bits per heavy atom. The van der Waals surface area contributed by atoms with Crippen LogP contribution in [0, 0.1) is 0 Å². The second-order valence-corrected chi connectivity index (χ2v) is 7.29. The van der Waals surface area contributed by atoms with E-state index in [0.29, 0.717) is 6.61 Å². The van der Waals surface area contributed by atoms with Crippen molar-refractivity contribution < 1.29 is 9.84 Å². The Bertz CT molecular complexity index is 704. The molecule has 0 saturated carbocycles. The molecule has 0 spiro atoms. The van der Waals surface area contributed by atoms with Gasteiger partial charge in [-0.3, -0.25) is 0 Å². The zero-order valence-electron chi connectivity index (χ0n) is 10.8. The van der Waals surface area contributed by atoms with E-state index in [0.717, 1.165) is 20.7 Å². The van der Waals surface area contributed by atoms with E-state index in [9.17, 15) is 5.11 Å². The van der Waals surface area contributed by atoms with Gasteiger partial charge in [-0.15, -0.1) is 22.7 Å². The van der Waals surface area contributed by atoms with E-state index in [1.807, 2.05) is 25.1 Å². The monoisotopic (exact) mass is 368 g/mol. The first-order valence-electron chi connectivity index (χ1n) is 6.26. The molecule has 1 aromatic carbocycles. The quantitative estimate of drug-likeness (QED) is 0.685. The van der Waals surface area contributed by atoms with E-state index in [2.05, 4.69) is 33.4 Å². The summed E-state index contributed by atoms with van der Waals surface area (Å²) in [5.41, 5.74) is 0.801. The van der Waals surface area contributed by atoms with Crippen LogP contribution in [0.15, 0.2) is 40.2 Å². The lowest BCUT2D eigenvalue weighted by molar-refractivity contribution is 0.215. The van der Waals surface area contributed by atoms with Crippen LogP contribution in [0.4, 0.5) is 0 Å². The van der Waals surface area contributed by atoms with Gasteiger partial charge in [-0.2, -0.15) is 0 Å². The van der Waals surface area contributed by atoms with Gasteiger partial charge in [0.15, 0.2) is 0 Å². The van der Waals surface area contributed by atoms with Crippen LogP contribution >= 0.6 is 38.6 Å². The number of rotatable bonds is 4. The minimum Gasteiger partial charge on any atom is -0.493 e. The number of halogens is 1. The van der Waals surface area contributed by atoms with Crippen LogP contribution in [0.25, 0.3) is 9.40 Å². The third-order valence-corrected chi connectivity index (χ3v) is 5.63. The highest BCUT2D eigenvalue weighted by molar-refractivity contribution is 9.10. The molecule has 20 heavy (non-hydrogen) atoms. The molecule has 3 aromatic rings. The predicted octanol–water partition coefficient (Wildman–Crippen LogP) is 5.21. The highest BCUT2D eigenvalue weighted by Crippen LogP contribution is 2.39. The lowest BCUT2D eigenvalue weighted by Gasteiger charge is -2.15. The van der Waals surface area contributed by atoms with Crippen LogP contribution < -0.4 is 4.74 Å². The number of hydrogen-bond donors (Lipinski definition) is 1. The Labute approximate surface area is 133 Å². The van der Waals surface area contributed by atoms with Crippen molar-refractivity contribution in [2.24, 2.45) is 0 Å². The van der Waals surface area contributed by atoms with Gasteiger partial charge in [0.2, 0.25) is 0 Å². The number of thiophene rings is 2. The third-order valence-electron chi connectivity index (χ3n) is 2.99. The molecule has 5 heteroatoms. The summed E-state index contributed by atoms with van der Waals surface area (Å²) in [7, 11) is 0. The summed E-state index contributed by atoms with van der Waals surface area (Å²) in [6, 6.07) is 9.89. The first kappa shape index (κ1) is 14.1. The van der Waals surface area contributed by atoms with Crippen LogP contribution in [0.3, 0.4) is 0 Å². The van der Waals surface area contributed by atoms with Gasteiger partial charge in [0.25, 0.3) is 0 Å². The Kier molecular flexibility index (Phi) is 4.12. The lowest BCUT2D eigenvalue weighted by atomic mass is 10.1. The molecule has 0 amide bonds. The van der Waals surface area contributed by atoms with Crippen LogP contribution in [0.2, 0.25) is 0 Å². The zero-order valence-corrected chi connectivity index (χ0v) is 14.0. The van der Waals surface area contributed by atoms with Crippen molar-refractivity contribution in [3.05, 3.63) is 50.6 Å². The maximum atomic E-state index is 10.7. The number of hydrogen-bond acceptors (Lipinski definition) is 4. The highest BCUT2D eigenvalue weighted by Gasteiger charge is 2.19. The van der Waals surface area contributed by atoms with Crippen LogP contribution in [-0.2, 0) is 0 Å². The fraction of sp³-hybridized carbons (Fsp3) is 0.200. The molecule has 0 bridgehead atoms. The molecule has 2 heterocycles. The van der Waals surface area contributed by atoms with E-state index in [1.165, 1.54) is 9.40 Å². The SMILES string of the molecule is CCOc1ccc(Br)cc1C(O)c1cc2sccc2s1. The van der Waals surface area contributed by atoms with E-state index in [1.54, 1.807) is 22.7 Å². The topological polar surface area (TPSA) is 29.5 Å². The van der Waals surface area contributed by atoms with Crippen molar-refractivity contribution in [2.45, 2.75) is 13.0 Å². The first-order valence-corrected chi connectivity index (χ1v) is 8.75. The van der Waals surface area contributed by atoms with Crippen molar-refractivity contribution in [3.63, 3.8) is 0 Å². The van der Waals surface area contributed by atoms with Crippen molar-refractivity contribution >= 4 is 48.0 Å². The number of aliphatic hydroxyl groups is 1. The molecule has 1 N–H and O–H groups in total. The highest BCUT2D eigenvalue weighted by atomic mass is 79.9. The molecule has 2 aromatic heterocycles. The van der Waals surface area contributed by atoms with Crippen molar-refractivity contribution in [1.29, 1.82) is 0 Å². The molecule has 3 rings (SSSR count). The van der Waals surface area contributed by atoms with Gasteiger partial charge in [0.1, 0.15) is 11.9 Å². The average molecular weight is 369 g/mol.